The normalized spacial score (nSPS) is 11.6. The molecule has 0 aliphatic heterocycles. The molecule has 134 valence electrons. The number of rotatable bonds is 5. The second-order valence-corrected chi connectivity index (χ2v) is 6.24. The fourth-order valence-corrected chi connectivity index (χ4v) is 2.86. The van der Waals surface area contributed by atoms with Crippen LogP contribution in [0, 0.1) is 13.8 Å². The molecule has 0 atom stereocenters. The predicted molar refractivity (Wildman–Crippen MR) is 102 cm³/mol. The number of aromatic nitrogens is 1. The summed E-state index contributed by atoms with van der Waals surface area (Å²) in [6.07, 6.45) is 5.03. The molecule has 0 spiro atoms. The lowest BCUT2D eigenvalue weighted by Gasteiger charge is -2.10. The van der Waals surface area contributed by atoms with E-state index in [2.05, 4.69) is 10.3 Å². The highest BCUT2D eigenvalue weighted by atomic mass is 16.5. The van der Waals surface area contributed by atoms with Crippen molar-refractivity contribution in [3.8, 4) is 5.75 Å². The van der Waals surface area contributed by atoms with Gasteiger partial charge in [-0.15, -0.1) is 0 Å². The lowest BCUT2D eigenvalue weighted by Crippen LogP contribution is -2.20. The van der Waals surface area contributed by atoms with Crippen molar-refractivity contribution < 1.29 is 13.9 Å². The molecular weight excluding hydrogens is 328 g/mol. The Hall–Kier alpha value is -3.08. The minimum atomic E-state index is -0.159. The van der Waals surface area contributed by atoms with Crippen molar-refractivity contribution in [2.45, 2.75) is 27.3 Å². The van der Waals surface area contributed by atoms with E-state index in [0.717, 1.165) is 39.0 Å². The van der Waals surface area contributed by atoms with Crippen LogP contribution in [0.5, 0.6) is 5.75 Å². The van der Waals surface area contributed by atoms with Gasteiger partial charge in [0.2, 0.25) is 5.91 Å². The number of nitrogens with one attached hydrogen (secondary N) is 1. The fraction of sp³-hybridized carbons (Fsp3) is 0.238. The number of amides is 1. The monoisotopic (exact) mass is 350 g/mol. The number of nitrogens with zero attached hydrogens (tertiary/aromatic N) is 1. The highest BCUT2D eigenvalue weighted by Crippen LogP contribution is 2.34. The summed E-state index contributed by atoms with van der Waals surface area (Å²) >= 11 is 0. The molecule has 5 heteroatoms. The highest BCUT2D eigenvalue weighted by molar-refractivity contribution is 5.97. The molecule has 1 aromatic carbocycles. The topological polar surface area (TPSA) is 64.4 Å². The summed E-state index contributed by atoms with van der Waals surface area (Å²) in [5.41, 5.74) is 4.54. The number of aryl methyl sites for hydroxylation is 2. The minimum Gasteiger partial charge on any atom is -0.496 e. The van der Waals surface area contributed by atoms with Crippen molar-refractivity contribution in [1.29, 1.82) is 0 Å². The molecule has 0 aliphatic rings. The average molecular weight is 350 g/mol. The number of carbonyl (C=O) groups excluding carboxylic acids is 1. The second-order valence-electron chi connectivity index (χ2n) is 6.24. The summed E-state index contributed by atoms with van der Waals surface area (Å²) in [7, 11) is 1.61. The van der Waals surface area contributed by atoms with Gasteiger partial charge in [0.1, 0.15) is 17.1 Å². The SMILES string of the molecule is COc1cc2oc(C)c(C)c2cc1/C(C)=C/C(=O)NCc1cccnc1. The van der Waals surface area contributed by atoms with Gasteiger partial charge in [0.25, 0.3) is 0 Å². The van der Waals surface area contributed by atoms with E-state index in [4.69, 9.17) is 9.15 Å². The van der Waals surface area contributed by atoms with Crippen molar-refractivity contribution >= 4 is 22.4 Å². The number of hydrogen-bond acceptors (Lipinski definition) is 4. The Kier molecular flexibility index (Phi) is 5.07. The van der Waals surface area contributed by atoms with Gasteiger partial charge in [-0.3, -0.25) is 9.78 Å². The van der Waals surface area contributed by atoms with Crippen LogP contribution in [-0.4, -0.2) is 18.0 Å². The van der Waals surface area contributed by atoms with Gasteiger partial charge in [0.15, 0.2) is 0 Å². The summed E-state index contributed by atoms with van der Waals surface area (Å²) in [5.74, 6) is 1.41. The van der Waals surface area contributed by atoms with Crippen molar-refractivity contribution in [1.82, 2.24) is 10.3 Å². The first kappa shape index (κ1) is 17.7. The van der Waals surface area contributed by atoms with Gasteiger partial charge in [-0.25, -0.2) is 0 Å². The maximum absolute atomic E-state index is 12.3. The number of carbonyl (C=O) groups is 1. The summed E-state index contributed by atoms with van der Waals surface area (Å²) in [5, 5.41) is 3.90. The number of hydrogen-bond donors (Lipinski definition) is 1. The summed E-state index contributed by atoms with van der Waals surface area (Å²) < 4.78 is 11.3. The van der Waals surface area contributed by atoms with Crippen molar-refractivity contribution in [2.75, 3.05) is 7.11 Å². The average Bonchev–Trinajstić information content (AvgIpc) is 2.93. The Morgan fingerprint density at radius 3 is 2.85 bits per heavy atom. The van der Waals surface area contributed by atoms with E-state index < -0.39 is 0 Å². The zero-order chi connectivity index (χ0) is 18.7. The number of ether oxygens (including phenoxy) is 1. The van der Waals surface area contributed by atoms with Crippen molar-refractivity contribution in [3.05, 3.63) is 65.2 Å². The Labute approximate surface area is 152 Å². The number of benzene rings is 1. The number of furan rings is 1. The zero-order valence-corrected chi connectivity index (χ0v) is 15.4. The van der Waals surface area contributed by atoms with E-state index in [-0.39, 0.29) is 5.91 Å². The summed E-state index contributed by atoms with van der Waals surface area (Å²) in [6.45, 7) is 6.30. The highest BCUT2D eigenvalue weighted by Gasteiger charge is 2.14. The van der Waals surface area contributed by atoms with Crippen molar-refractivity contribution in [2.24, 2.45) is 0 Å². The standard InChI is InChI=1S/C21H22N2O3/c1-13(8-21(24)23-12-16-6-5-7-22-11-16)17-9-18-14(2)15(3)26-20(18)10-19(17)25-4/h5-11H,12H2,1-4H3,(H,23,24)/b13-8+. The maximum Gasteiger partial charge on any atom is 0.244 e. The molecule has 0 bridgehead atoms. The fourth-order valence-electron chi connectivity index (χ4n) is 2.86. The van der Waals surface area contributed by atoms with E-state index in [1.807, 2.05) is 45.0 Å². The molecule has 0 radical (unpaired) electrons. The molecule has 0 saturated carbocycles. The molecule has 0 unspecified atom stereocenters. The van der Waals surface area contributed by atoms with Gasteiger partial charge < -0.3 is 14.5 Å². The van der Waals surface area contributed by atoms with Crippen LogP contribution in [0.3, 0.4) is 0 Å². The number of allylic oxidation sites excluding steroid dienone is 1. The number of pyridine rings is 1. The van der Waals surface area contributed by atoms with Gasteiger partial charge >= 0.3 is 0 Å². The maximum atomic E-state index is 12.3. The molecule has 3 aromatic rings. The Bertz CT molecular complexity index is 972. The van der Waals surface area contributed by atoms with Crippen molar-refractivity contribution in [3.63, 3.8) is 0 Å². The third kappa shape index (κ3) is 3.61. The molecular formula is C21H22N2O3. The minimum absolute atomic E-state index is 0.159. The van der Waals surface area contributed by atoms with Crippen LogP contribution in [0.4, 0.5) is 0 Å². The van der Waals surface area contributed by atoms with Crippen LogP contribution in [0.2, 0.25) is 0 Å². The van der Waals surface area contributed by atoms with Crippen LogP contribution in [-0.2, 0) is 11.3 Å². The molecule has 2 aromatic heterocycles. The first-order chi connectivity index (χ1) is 12.5. The first-order valence-corrected chi connectivity index (χ1v) is 8.42. The smallest absolute Gasteiger partial charge is 0.244 e. The van der Waals surface area contributed by atoms with E-state index >= 15 is 0 Å². The quantitative estimate of drug-likeness (QED) is 0.701. The molecule has 1 amide bonds. The molecule has 2 heterocycles. The Balaban J connectivity index is 1.85. The number of methoxy groups -OCH3 is 1. The second kappa shape index (κ2) is 7.44. The van der Waals surface area contributed by atoms with E-state index in [1.54, 1.807) is 25.6 Å². The van der Waals surface area contributed by atoms with Crippen LogP contribution in [0.25, 0.3) is 16.5 Å². The van der Waals surface area contributed by atoms with Crippen LogP contribution in [0.15, 0.2) is 47.2 Å². The molecule has 26 heavy (non-hydrogen) atoms. The van der Waals surface area contributed by atoms with Gasteiger partial charge in [0, 0.05) is 42.0 Å². The molecule has 0 fully saturated rings. The van der Waals surface area contributed by atoms with E-state index in [0.29, 0.717) is 12.3 Å². The van der Waals surface area contributed by atoms with Gasteiger partial charge in [-0.2, -0.15) is 0 Å². The van der Waals surface area contributed by atoms with Crippen LogP contribution in [0.1, 0.15) is 29.4 Å². The summed E-state index contributed by atoms with van der Waals surface area (Å²) in [6, 6.07) is 7.65. The van der Waals surface area contributed by atoms with Crippen LogP contribution >= 0.6 is 0 Å². The third-order valence-electron chi connectivity index (χ3n) is 4.46. The van der Waals surface area contributed by atoms with Crippen LogP contribution < -0.4 is 10.1 Å². The largest absolute Gasteiger partial charge is 0.496 e. The lowest BCUT2D eigenvalue weighted by atomic mass is 10.0. The lowest BCUT2D eigenvalue weighted by molar-refractivity contribution is -0.116. The molecule has 0 saturated heterocycles. The Morgan fingerprint density at radius 2 is 2.15 bits per heavy atom. The molecule has 0 aliphatic carbocycles. The Morgan fingerprint density at radius 1 is 1.35 bits per heavy atom. The molecule has 3 rings (SSSR count). The van der Waals surface area contributed by atoms with E-state index in [1.165, 1.54) is 0 Å². The molecule has 1 N–H and O–H groups in total. The van der Waals surface area contributed by atoms with Gasteiger partial charge in [-0.1, -0.05) is 6.07 Å². The van der Waals surface area contributed by atoms with Gasteiger partial charge in [-0.05, 0) is 49.6 Å². The predicted octanol–water partition coefficient (Wildman–Crippen LogP) is 4.17. The third-order valence-corrected chi connectivity index (χ3v) is 4.46. The van der Waals surface area contributed by atoms with Gasteiger partial charge in [0.05, 0.1) is 7.11 Å². The zero-order valence-electron chi connectivity index (χ0n) is 15.4. The first-order valence-electron chi connectivity index (χ1n) is 8.42. The molecule has 5 nitrogen and oxygen atoms in total. The van der Waals surface area contributed by atoms with E-state index in [9.17, 15) is 4.79 Å². The summed E-state index contributed by atoms with van der Waals surface area (Å²) in [4.78, 5) is 16.3. The number of fused-ring (bicyclic) bond motifs is 1.